The Hall–Kier alpha value is -2.57. The number of amides is 2. The molecule has 134 valence electrons. The van der Waals surface area contributed by atoms with Gasteiger partial charge in [-0.3, -0.25) is 0 Å². The number of carbonyl (C=O) groups excluding carboxylic acids is 1. The smallest absolute Gasteiger partial charge is 0.319 e. The number of nitrogens with one attached hydrogen (secondary N) is 2. The Morgan fingerprint density at radius 1 is 0.960 bits per heavy atom. The fourth-order valence-electron chi connectivity index (χ4n) is 2.28. The molecule has 0 fully saturated rings. The SMILES string of the molecule is COCCOc1ccccc1NC(=O)NCc1cccc(COC)c1. The van der Waals surface area contributed by atoms with Crippen molar-refractivity contribution in [1.82, 2.24) is 5.32 Å². The molecule has 0 unspecified atom stereocenters. The predicted octanol–water partition coefficient (Wildman–Crippen LogP) is 3.18. The van der Waals surface area contributed by atoms with Gasteiger partial charge in [0.25, 0.3) is 0 Å². The van der Waals surface area contributed by atoms with Crippen molar-refractivity contribution in [3.63, 3.8) is 0 Å². The second kappa shape index (κ2) is 10.3. The van der Waals surface area contributed by atoms with Crippen LogP contribution >= 0.6 is 0 Å². The normalized spacial score (nSPS) is 10.3. The Balaban J connectivity index is 1.89. The van der Waals surface area contributed by atoms with Crippen molar-refractivity contribution < 1.29 is 19.0 Å². The average Bonchev–Trinajstić information content (AvgIpc) is 2.62. The summed E-state index contributed by atoms with van der Waals surface area (Å²) >= 11 is 0. The molecular weight excluding hydrogens is 320 g/mol. The van der Waals surface area contributed by atoms with E-state index in [1.807, 2.05) is 36.4 Å². The first-order chi connectivity index (χ1) is 12.2. The fourth-order valence-corrected chi connectivity index (χ4v) is 2.28. The van der Waals surface area contributed by atoms with E-state index >= 15 is 0 Å². The van der Waals surface area contributed by atoms with E-state index in [4.69, 9.17) is 14.2 Å². The third-order valence-corrected chi connectivity index (χ3v) is 3.44. The Bertz CT molecular complexity index is 676. The van der Waals surface area contributed by atoms with Crippen molar-refractivity contribution in [2.24, 2.45) is 0 Å². The van der Waals surface area contributed by atoms with E-state index in [0.717, 1.165) is 11.1 Å². The molecule has 0 heterocycles. The summed E-state index contributed by atoms with van der Waals surface area (Å²) in [6.45, 7) is 1.88. The number of hydrogen-bond acceptors (Lipinski definition) is 4. The van der Waals surface area contributed by atoms with Gasteiger partial charge in [0.1, 0.15) is 12.4 Å². The van der Waals surface area contributed by atoms with Crippen molar-refractivity contribution in [2.75, 3.05) is 32.8 Å². The number of para-hydroxylation sites is 2. The molecule has 2 aromatic rings. The van der Waals surface area contributed by atoms with Gasteiger partial charge in [-0.15, -0.1) is 0 Å². The van der Waals surface area contributed by atoms with Gasteiger partial charge in [0, 0.05) is 20.8 Å². The third-order valence-electron chi connectivity index (χ3n) is 3.44. The molecular formula is C19H24N2O4. The monoisotopic (exact) mass is 344 g/mol. The van der Waals surface area contributed by atoms with Crippen molar-refractivity contribution >= 4 is 11.7 Å². The summed E-state index contributed by atoms with van der Waals surface area (Å²) in [6, 6.07) is 14.9. The van der Waals surface area contributed by atoms with Gasteiger partial charge in [-0.2, -0.15) is 0 Å². The maximum Gasteiger partial charge on any atom is 0.319 e. The molecule has 0 radical (unpaired) electrons. The topological polar surface area (TPSA) is 68.8 Å². The molecule has 0 saturated heterocycles. The van der Waals surface area contributed by atoms with Gasteiger partial charge >= 0.3 is 6.03 Å². The summed E-state index contributed by atoms with van der Waals surface area (Å²) in [5.74, 6) is 0.608. The van der Waals surface area contributed by atoms with Gasteiger partial charge < -0.3 is 24.8 Å². The molecule has 2 amide bonds. The van der Waals surface area contributed by atoms with Gasteiger partial charge in [0.2, 0.25) is 0 Å². The van der Waals surface area contributed by atoms with Crippen LogP contribution in [0.25, 0.3) is 0 Å². The van der Waals surface area contributed by atoms with Gasteiger partial charge in [0.05, 0.1) is 18.9 Å². The van der Waals surface area contributed by atoms with Crippen LogP contribution in [0.5, 0.6) is 5.75 Å². The lowest BCUT2D eigenvalue weighted by Crippen LogP contribution is -2.28. The summed E-state index contributed by atoms with van der Waals surface area (Å²) in [7, 11) is 3.27. The number of anilines is 1. The van der Waals surface area contributed by atoms with E-state index in [0.29, 0.717) is 37.8 Å². The minimum absolute atomic E-state index is 0.292. The van der Waals surface area contributed by atoms with E-state index in [1.54, 1.807) is 26.4 Å². The van der Waals surface area contributed by atoms with Crippen LogP contribution in [0.1, 0.15) is 11.1 Å². The Morgan fingerprint density at radius 2 is 1.76 bits per heavy atom. The lowest BCUT2D eigenvalue weighted by atomic mass is 10.1. The molecule has 25 heavy (non-hydrogen) atoms. The number of benzene rings is 2. The number of carbonyl (C=O) groups is 1. The maximum atomic E-state index is 12.2. The second-order valence-electron chi connectivity index (χ2n) is 5.40. The first-order valence-corrected chi connectivity index (χ1v) is 8.05. The summed E-state index contributed by atoms with van der Waals surface area (Å²) in [5, 5.41) is 5.65. The standard InChI is InChI=1S/C19H24N2O4/c1-23-10-11-25-18-9-4-3-8-17(18)21-19(22)20-13-15-6-5-7-16(12-15)14-24-2/h3-9,12H,10-11,13-14H2,1-2H3,(H2,20,21,22). The molecule has 0 spiro atoms. The molecule has 0 saturated carbocycles. The van der Waals surface area contributed by atoms with E-state index < -0.39 is 0 Å². The van der Waals surface area contributed by atoms with Crippen LogP contribution in [-0.4, -0.2) is 33.5 Å². The van der Waals surface area contributed by atoms with E-state index in [2.05, 4.69) is 10.6 Å². The molecule has 2 N–H and O–H groups in total. The first-order valence-electron chi connectivity index (χ1n) is 8.05. The van der Waals surface area contributed by atoms with Crippen LogP contribution in [-0.2, 0) is 22.6 Å². The average molecular weight is 344 g/mol. The number of hydrogen-bond donors (Lipinski definition) is 2. The highest BCUT2D eigenvalue weighted by atomic mass is 16.5. The predicted molar refractivity (Wildman–Crippen MR) is 96.8 cm³/mol. The van der Waals surface area contributed by atoms with E-state index in [1.165, 1.54) is 0 Å². The van der Waals surface area contributed by atoms with Crippen molar-refractivity contribution in [2.45, 2.75) is 13.2 Å². The number of rotatable bonds is 9. The lowest BCUT2D eigenvalue weighted by molar-refractivity contribution is 0.146. The molecule has 0 atom stereocenters. The number of ether oxygens (including phenoxy) is 3. The van der Waals surface area contributed by atoms with Gasteiger partial charge in [-0.1, -0.05) is 36.4 Å². The molecule has 6 nitrogen and oxygen atoms in total. The Morgan fingerprint density at radius 3 is 2.56 bits per heavy atom. The first kappa shape index (κ1) is 18.8. The summed E-state index contributed by atoms with van der Waals surface area (Å²) in [5.41, 5.74) is 2.69. The van der Waals surface area contributed by atoms with Crippen LogP contribution < -0.4 is 15.4 Å². The molecule has 0 aliphatic carbocycles. The number of urea groups is 1. The van der Waals surface area contributed by atoms with Gasteiger partial charge in [0.15, 0.2) is 0 Å². The van der Waals surface area contributed by atoms with E-state index in [-0.39, 0.29) is 6.03 Å². The molecule has 0 bridgehead atoms. The molecule has 0 aliphatic heterocycles. The Labute approximate surface area is 148 Å². The van der Waals surface area contributed by atoms with Crippen LogP contribution in [0.15, 0.2) is 48.5 Å². The molecule has 2 rings (SSSR count). The fraction of sp³-hybridized carbons (Fsp3) is 0.316. The number of methoxy groups -OCH3 is 2. The van der Waals surface area contributed by atoms with Crippen LogP contribution in [0.2, 0.25) is 0 Å². The summed E-state index contributed by atoms with van der Waals surface area (Å²) in [4.78, 5) is 12.2. The van der Waals surface area contributed by atoms with Crippen molar-refractivity contribution in [3.8, 4) is 5.75 Å². The molecule has 0 aromatic heterocycles. The van der Waals surface area contributed by atoms with Crippen LogP contribution in [0.3, 0.4) is 0 Å². The van der Waals surface area contributed by atoms with Crippen molar-refractivity contribution in [3.05, 3.63) is 59.7 Å². The van der Waals surface area contributed by atoms with Crippen molar-refractivity contribution in [1.29, 1.82) is 0 Å². The second-order valence-corrected chi connectivity index (χ2v) is 5.40. The highest BCUT2D eigenvalue weighted by Crippen LogP contribution is 2.23. The molecule has 6 heteroatoms. The minimum atomic E-state index is -0.292. The Kier molecular flexibility index (Phi) is 7.75. The van der Waals surface area contributed by atoms with E-state index in [9.17, 15) is 4.79 Å². The largest absolute Gasteiger partial charge is 0.489 e. The molecule has 2 aromatic carbocycles. The maximum absolute atomic E-state index is 12.2. The van der Waals surface area contributed by atoms with Gasteiger partial charge in [-0.25, -0.2) is 4.79 Å². The zero-order valence-corrected chi connectivity index (χ0v) is 14.6. The quantitative estimate of drug-likeness (QED) is 0.686. The third kappa shape index (κ3) is 6.45. The zero-order valence-electron chi connectivity index (χ0n) is 14.6. The summed E-state index contributed by atoms with van der Waals surface area (Å²) < 4.78 is 15.7. The minimum Gasteiger partial charge on any atom is -0.489 e. The summed E-state index contributed by atoms with van der Waals surface area (Å²) in [6.07, 6.45) is 0. The highest BCUT2D eigenvalue weighted by Gasteiger charge is 2.07. The zero-order chi connectivity index (χ0) is 17.9. The van der Waals surface area contributed by atoms with Gasteiger partial charge in [-0.05, 0) is 23.3 Å². The van der Waals surface area contributed by atoms with Crippen LogP contribution in [0, 0.1) is 0 Å². The van der Waals surface area contributed by atoms with Crippen LogP contribution in [0.4, 0.5) is 10.5 Å². The molecule has 0 aliphatic rings. The highest BCUT2D eigenvalue weighted by molar-refractivity contribution is 5.90. The lowest BCUT2D eigenvalue weighted by Gasteiger charge is -2.13.